The highest BCUT2D eigenvalue weighted by atomic mass is 16.7. The van der Waals surface area contributed by atoms with Gasteiger partial charge in [-0.05, 0) is 74.7 Å². The van der Waals surface area contributed by atoms with Crippen molar-refractivity contribution in [1.29, 1.82) is 0 Å². The first-order valence-corrected chi connectivity index (χ1v) is 10.1. The van der Waals surface area contributed by atoms with Gasteiger partial charge in [-0.25, -0.2) is 4.79 Å². The van der Waals surface area contributed by atoms with Gasteiger partial charge in [-0.3, -0.25) is 0 Å². The zero-order valence-electron chi connectivity index (χ0n) is 18.0. The molecule has 1 aliphatic rings. The molecule has 0 spiro atoms. The highest BCUT2D eigenvalue weighted by molar-refractivity contribution is 5.75. The Kier molecular flexibility index (Phi) is 5.46. The Hall–Kier alpha value is -3.67. The highest BCUT2D eigenvalue weighted by Crippen LogP contribution is 2.36. The fraction of sp³-hybridized carbons (Fsp3) is 0.240. The number of fused-ring (bicyclic) bond motifs is 1. The van der Waals surface area contributed by atoms with Gasteiger partial charge in [0.1, 0.15) is 11.4 Å². The van der Waals surface area contributed by atoms with Crippen molar-refractivity contribution >= 4 is 17.5 Å². The zero-order valence-corrected chi connectivity index (χ0v) is 18.0. The molecule has 1 N–H and O–H groups in total. The van der Waals surface area contributed by atoms with Crippen LogP contribution in [0.25, 0.3) is 11.1 Å². The second kappa shape index (κ2) is 8.22. The quantitative estimate of drug-likeness (QED) is 0.387. The van der Waals surface area contributed by atoms with Gasteiger partial charge in [-0.15, -0.1) is 0 Å². The number of anilines is 2. The molecule has 0 fully saturated rings. The van der Waals surface area contributed by atoms with E-state index in [1.807, 2.05) is 55.5 Å². The van der Waals surface area contributed by atoms with Crippen LogP contribution >= 0.6 is 0 Å². The average molecular weight is 419 g/mol. The number of hydrogen-bond donors (Lipinski definition) is 1. The van der Waals surface area contributed by atoms with Crippen LogP contribution in [0.3, 0.4) is 0 Å². The van der Waals surface area contributed by atoms with E-state index >= 15 is 0 Å². The van der Waals surface area contributed by atoms with E-state index in [1.165, 1.54) is 0 Å². The summed E-state index contributed by atoms with van der Waals surface area (Å²) < 4.78 is 21.4. The third-order valence-corrected chi connectivity index (χ3v) is 4.65. The Morgan fingerprint density at radius 2 is 1.71 bits per heavy atom. The van der Waals surface area contributed by atoms with Crippen LogP contribution in [0.15, 0.2) is 60.7 Å². The van der Waals surface area contributed by atoms with Gasteiger partial charge in [0.05, 0.1) is 0 Å². The van der Waals surface area contributed by atoms with Gasteiger partial charge >= 0.3 is 6.16 Å². The normalized spacial score (nSPS) is 12.4. The van der Waals surface area contributed by atoms with Crippen LogP contribution in [-0.2, 0) is 4.74 Å². The number of carbonyl (C=O) groups is 1. The molecule has 0 unspecified atom stereocenters. The number of aryl methyl sites for hydroxylation is 1. The molecule has 0 amide bonds. The summed E-state index contributed by atoms with van der Waals surface area (Å²) in [6, 6.07) is 19.3. The number of hydrogen-bond acceptors (Lipinski definition) is 6. The maximum Gasteiger partial charge on any atom is 0.514 e. The predicted molar refractivity (Wildman–Crippen MR) is 119 cm³/mol. The van der Waals surface area contributed by atoms with Gasteiger partial charge in [0.15, 0.2) is 11.5 Å². The van der Waals surface area contributed by atoms with Gasteiger partial charge in [0.2, 0.25) is 6.79 Å². The Morgan fingerprint density at radius 3 is 2.52 bits per heavy atom. The van der Waals surface area contributed by atoms with Crippen LogP contribution < -0.4 is 19.5 Å². The Morgan fingerprint density at radius 1 is 0.935 bits per heavy atom. The van der Waals surface area contributed by atoms with E-state index in [9.17, 15) is 4.79 Å². The SMILES string of the molecule is Cc1ccc(-c2cccc(OC(=O)OC(C)(C)C)c2)cc1Nc1ccc2c(c1)OCO2. The summed E-state index contributed by atoms with van der Waals surface area (Å²) >= 11 is 0. The first-order valence-electron chi connectivity index (χ1n) is 10.1. The van der Waals surface area contributed by atoms with Gasteiger partial charge < -0.3 is 24.3 Å². The second-order valence-corrected chi connectivity index (χ2v) is 8.32. The Labute approximate surface area is 181 Å². The minimum Gasteiger partial charge on any atom is -0.454 e. The number of benzene rings is 3. The molecular weight excluding hydrogens is 394 g/mol. The summed E-state index contributed by atoms with van der Waals surface area (Å²) in [5.74, 6) is 1.90. The molecule has 4 rings (SSSR count). The number of carbonyl (C=O) groups excluding carboxylic acids is 1. The summed E-state index contributed by atoms with van der Waals surface area (Å²) in [6.45, 7) is 7.68. The molecule has 0 atom stereocenters. The van der Waals surface area contributed by atoms with E-state index in [4.69, 9.17) is 18.9 Å². The van der Waals surface area contributed by atoms with Crippen LogP contribution in [-0.4, -0.2) is 18.5 Å². The molecule has 1 heterocycles. The molecule has 0 saturated carbocycles. The topological polar surface area (TPSA) is 66.0 Å². The monoisotopic (exact) mass is 419 g/mol. The number of nitrogens with one attached hydrogen (secondary N) is 1. The van der Waals surface area contributed by atoms with E-state index in [0.717, 1.165) is 39.6 Å². The van der Waals surface area contributed by atoms with Gasteiger partial charge in [0, 0.05) is 17.4 Å². The molecule has 0 aromatic heterocycles. The van der Waals surface area contributed by atoms with Crippen LogP contribution in [0.4, 0.5) is 16.2 Å². The molecular formula is C25H25NO5. The highest BCUT2D eigenvalue weighted by Gasteiger charge is 2.18. The summed E-state index contributed by atoms with van der Waals surface area (Å²) in [5.41, 5.74) is 4.28. The van der Waals surface area contributed by atoms with Crippen molar-refractivity contribution in [3.05, 3.63) is 66.2 Å². The van der Waals surface area contributed by atoms with Crippen molar-refractivity contribution in [2.45, 2.75) is 33.3 Å². The maximum atomic E-state index is 12.0. The van der Waals surface area contributed by atoms with E-state index in [-0.39, 0.29) is 6.79 Å². The van der Waals surface area contributed by atoms with Gasteiger partial charge in [-0.2, -0.15) is 0 Å². The van der Waals surface area contributed by atoms with Crippen LogP contribution in [0.2, 0.25) is 0 Å². The van der Waals surface area contributed by atoms with E-state index < -0.39 is 11.8 Å². The minimum absolute atomic E-state index is 0.245. The molecule has 0 radical (unpaired) electrons. The number of rotatable bonds is 4. The van der Waals surface area contributed by atoms with E-state index in [0.29, 0.717) is 5.75 Å². The van der Waals surface area contributed by atoms with E-state index in [2.05, 4.69) is 11.4 Å². The molecule has 0 saturated heterocycles. The first kappa shape index (κ1) is 20.6. The van der Waals surface area contributed by atoms with Crippen molar-refractivity contribution in [3.63, 3.8) is 0 Å². The van der Waals surface area contributed by atoms with Crippen molar-refractivity contribution in [3.8, 4) is 28.4 Å². The molecule has 3 aromatic carbocycles. The predicted octanol–water partition coefficient (Wildman–Crippen LogP) is 6.45. The second-order valence-electron chi connectivity index (χ2n) is 8.32. The van der Waals surface area contributed by atoms with Crippen LogP contribution in [0.5, 0.6) is 17.2 Å². The fourth-order valence-corrected chi connectivity index (χ4v) is 3.17. The van der Waals surface area contributed by atoms with Gasteiger partial charge in [-0.1, -0.05) is 24.3 Å². The lowest BCUT2D eigenvalue weighted by atomic mass is 10.0. The van der Waals surface area contributed by atoms with Crippen molar-refractivity contribution in [2.75, 3.05) is 12.1 Å². The smallest absolute Gasteiger partial charge is 0.454 e. The van der Waals surface area contributed by atoms with Crippen molar-refractivity contribution < 1.29 is 23.7 Å². The Balaban J connectivity index is 1.55. The lowest BCUT2D eigenvalue weighted by Crippen LogP contribution is -2.25. The molecule has 6 nitrogen and oxygen atoms in total. The third kappa shape index (κ3) is 5.09. The maximum absolute atomic E-state index is 12.0. The molecule has 160 valence electrons. The van der Waals surface area contributed by atoms with Crippen molar-refractivity contribution in [2.24, 2.45) is 0 Å². The van der Waals surface area contributed by atoms with E-state index in [1.54, 1.807) is 26.8 Å². The summed E-state index contributed by atoms with van der Waals surface area (Å²) in [5, 5.41) is 3.44. The van der Waals surface area contributed by atoms with Crippen molar-refractivity contribution in [1.82, 2.24) is 0 Å². The first-order chi connectivity index (χ1) is 14.8. The van der Waals surface area contributed by atoms with Crippen LogP contribution in [0.1, 0.15) is 26.3 Å². The summed E-state index contributed by atoms with van der Waals surface area (Å²) in [7, 11) is 0. The van der Waals surface area contributed by atoms with Gasteiger partial charge in [0.25, 0.3) is 0 Å². The lowest BCUT2D eigenvalue weighted by Gasteiger charge is -2.18. The number of ether oxygens (including phenoxy) is 4. The minimum atomic E-state index is -0.723. The zero-order chi connectivity index (χ0) is 22.0. The third-order valence-electron chi connectivity index (χ3n) is 4.65. The fourth-order valence-electron chi connectivity index (χ4n) is 3.17. The molecule has 1 aliphatic heterocycles. The average Bonchev–Trinajstić information content (AvgIpc) is 3.16. The molecule has 31 heavy (non-hydrogen) atoms. The largest absolute Gasteiger partial charge is 0.514 e. The summed E-state index contributed by atoms with van der Waals surface area (Å²) in [4.78, 5) is 12.0. The molecule has 0 bridgehead atoms. The Bertz CT molecular complexity index is 1120. The lowest BCUT2D eigenvalue weighted by molar-refractivity contribution is 0.0206. The molecule has 6 heteroatoms. The molecule has 0 aliphatic carbocycles. The standard InChI is InChI=1S/C25H25NO5/c1-16-8-9-18(13-21(16)26-19-10-11-22-23(14-19)29-15-28-22)17-6-5-7-20(12-17)30-24(27)31-25(2,3)4/h5-14,26H,15H2,1-4H3. The van der Waals surface area contributed by atoms with Crippen LogP contribution in [0, 0.1) is 6.92 Å². The molecule has 3 aromatic rings. The summed E-state index contributed by atoms with van der Waals surface area (Å²) in [6.07, 6.45) is -0.723.